The summed E-state index contributed by atoms with van der Waals surface area (Å²) in [5, 5.41) is 9.18. The summed E-state index contributed by atoms with van der Waals surface area (Å²) in [4.78, 5) is 24.9. The zero-order valence-electron chi connectivity index (χ0n) is 11.1. The highest BCUT2D eigenvalue weighted by molar-refractivity contribution is 5.82. The van der Waals surface area contributed by atoms with E-state index in [1.165, 1.54) is 4.57 Å². The quantitative estimate of drug-likeness (QED) is 0.871. The van der Waals surface area contributed by atoms with Gasteiger partial charge in [0.25, 0.3) is 0 Å². The first-order valence-electron chi connectivity index (χ1n) is 6.16. The van der Waals surface area contributed by atoms with Gasteiger partial charge in [-0.25, -0.2) is 0 Å². The molecule has 0 bridgehead atoms. The molecule has 1 aromatic heterocycles. The van der Waals surface area contributed by atoms with Crippen molar-refractivity contribution in [2.75, 3.05) is 19.7 Å². The SMILES string of the molecule is CC1(C)CN(CC(=O)n2cccc2)C(C(=O)O)CO1. The minimum Gasteiger partial charge on any atom is -0.480 e. The van der Waals surface area contributed by atoms with Crippen LogP contribution in [-0.4, -0.2) is 57.8 Å². The molecule has 1 aliphatic rings. The van der Waals surface area contributed by atoms with Crippen molar-refractivity contribution in [3.05, 3.63) is 24.5 Å². The molecule has 104 valence electrons. The van der Waals surface area contributed by atoms with Crippen molar-refractivity contribution in [3.63, 3.8) is 0 Å². The van der Waals surface area contributed by atoms with E-state index in [-0.39, 0.29) is 19.1 Å². The van der Waals surface area contributed by atoms with Crippen molar-refractivity contribution in [2.45, 2.75) is 25.5 Å². The van der Waals surface area contributed by atoms with Crippen LogP contribution in [0.4, 0.5) is 0 Å². The molecule has 2 heterocycles. The maximum atomic E-state index is 12.0. The summed E-state index contributed by atoms with van der Waals surface area (Å²) < 4.78 is 6.96. The highest BCUT2D eigenvalue weighted by Crippen LogP contribution is 2.20. The van der Waals surface area contributed by atoms with E-state index in [4.69, 9.17) is 4.74 Å². The van der Waals surface area contributed by atoms with E-state index >= 15 is 0 Å². The predicted molar refractivity (Wildman–Crippen MR) is 68.1 cm³/mol. The van der Waals surface area contributed by atoms with Crippen molar-refractivity contribution in [3.8, 4) is 0 Å². The first-order chi connectivity index (χ1) is 8.89. The second-order valence-electron chi connectivity index (χ2n) is 5.31. The number of ether oxygens (including phenoxy) is 1. The lowest BCUT2D eigenvalue weighted by molar-refractivity contribution is -0.161. The van der Waals surface area contributed by atoms with Crippen molar-refractivity contribution >= 4 is 11.9 Å². The van der Waals surface area contributed by atoms with Crippen LogP contribution >= 0.6 is 0 Å². The maximum absolute atomic E-state index is 12.0. The highest BCUT2D eigenvalue weighted by atomic mass is 16.5. The third-order valence-corrected chi connectivity index (χ3v) is 3.17. The zero-order valence-corrected chi connectivity index (χ0v) is 11.1. The number of carbonyl (C=O) groups is 2. The summed E-state index contributed by atoms with van der Waals surface area (Å²) in [6.45, 7) is 4.35. The van der Waals surface area contributed by atoms with Gasteiger partial charge in [0.15, 0.2) is 0 Å². The number of carboxylic acid groups (broad SMARTS) is 1. The van der Waals surface area contributed by atoms with Gasteiger partial charge in [-0.1, -0.05) is 0 Å². The second kappa shape index (κ2) is 5.14. The molecule has 6 nitrogen and oxygen atoms in total. The number of rotatable bonds is 3. The van der Waals surface area contributed by atoms with Gasteiger partial charge >= 0.3 is 5.97 Å². The monoisotopic (exact) mass is 266 g/mol. The fourth-order valence-electron chi connectivity index (χ4n) is 2.20. The zero-order chi connectivity index (χ0) is 14.0. The molecule has 2 rings (SSSR count). The van der Waals surface area contributed by atoms with E-state index in [1.807, 2.05) is 13.8 Å². The number of aliphatic carboxylic acids is 1. The van der Waals surface area contributed by atoms with Crippen LogP contribution in [0.2, 0.25) is 0 Å². The highest BCUT2D eigenvalue weighted by Gasteiger charge is 2.38. The molecule has 6 heteroatoms. The van der Waals surface area contributed by atoms with Gasteiger partial charge in [0.1, 0.15) is 6.04 Å². The van der Waals surface area contributed by atoms with Gasteiger partial charge < -0.3 is 9.84 Å². The summed E-state index contributed by atoms with van der Waals surface area (Å²) in [6.07, 6.45) is 3.31. The van der Waals surface area contributed by atoms with Crippen LogP contribution < -0.4 is 0 Å². The second-order valence-corrected chi connectivity index (χ2v) is 5.31. The Balaban J connectivity index is 2.10. The molecule has 1 saturated heterocycles. The predicted octanol–water partition coefficient (Wildman–Crippen LogP) is 0.692. The normalized spacial score (nSPS) is 23.2. The minimum atomic E-state index is -0.962. The van der Waals surface area contributed by atoms with Crippen molar-refractivity contribution in [1.82, 2.24) is 9.47 Å². The Morgan fingerprint density at radius 3 is 2.58 bits per heavy atom. The van der Waals surface area contributed by atoms with Crippen LogP contribution in [0.15, 0.2) is 24.5 Å². The van der Waals surface area contributed by atoms with Gasteiger partial charge in [-0.3, -0.25) is 19.1 Å². The molecule has 0 amide bonds. The molecule has 0 aliphatic carbocycles. The lowest BCUT2D eigenvalue weighted by Gasteiger charge is -2.41. The summed E-state index contributed by atoms with van der Waals surface area (Å²) in [5.41, 5.74) is -0.442. The lowest BCUT2D eigenvalue weighted by atomic mass is 10.0. The molecule has 0 saturated carbocycles. The Morgan fingerprint density at radius 2 is 2.00 bits per heavy atom. The topological polar surface area (TPSA) is 71.8 Å². The van der Waals surface area contributed by atoms with E-state index in [9.17, 15) is 14.7 Å². The van der Waals surface area contributed by atoms with Crippen LogP contribution in [0.3, 0.4) is 0 Å². The average molecular weight is 266 g/mol. The van der Waals surface area contributed by atoms with Crippen LogP contribution in [-0.2, 0) is 9.53 Å². The number of morpholine rings is 1. The first kappa shape index (κ1) is 13.8. The maximum Gasteiger partial charge on any atom is 0.323 e. The summed E-state index contributed by atoms with van der Waals surface area (Å²) in [7, 11) is 0. The molecular weight excluding hydrogens is 248 g/mol. The van der Waals surface area contributed by atoms with Gasteiger partial charge in [0.2, 0.25) is 5.91 Å². The fourth-order valence-corrected chi connectivity index (χ4v) is 2.20. The number of carboxylic acids is 1. The average Bonchev–Trinajstić information content (AvgIpc) is 2.80. The molecule has 1 N–H and O–H groups in total. The van der Waals surface area contributed by atoms with E-state index < -0.39 is 17.6 Å². The van der Waals surface area contributed by atoms with Gasteiger partial charge in [-0.05, 0) is 26.0 Å². The molecule has 1 aliphatic heterocycles. The van der Waals surface area contributed by atoms with E-state index in [0.717, 1.165) is 0 Å². The lowest BCUT2D eigenvalue weighted by Crippen LogP contribution is -2.58. The number of hydrogen-bond donors (Lipinski definition) is 1. The van der Waals surface area contributed by atoms with Gasteiger partial charge in [-0.15, -0.1) is 0 Å². The Labute approximate surface area is 111 Å². The third kappa shape index (κ3) is 3.21. The summed E-state index contributed by atoms with van der Waals surface area (Å²) in [6, 6.07) is 2.75. The smallest absolute Gasteiger partial charge is 0.323 e. The van der Waals surface area contributed by atoms with Crippen molar-refractivity contribution < 1.29 is 19.4 Å². The molecule has 1 aromatic rings. The first-order valence-corrected chi connectivity index (χ1v) is 6.16. The van der Waals surface area contributed by atoms with Gasteiger partial charge in [0, 0.05) is 18.9 Å². The Bertz CT molecular complexity index is 467. The molecule has 1 unspecified atom stereocenters. The van der Waals surface area contributed by atoms with Crippen LogP contribution in [0, 0.1) is 0 Å². The Kier molecular flexibility index (Phi) is 3.73. The third-order valence-electron chi connectivity index (χ3n) is 3.17. The van der Waals surface area contributed by atoms with Gasteiger partial charge in [-0.2, -0.15) is 0 Å². The number of aromatic nitrogens is 1. The molecule has 1 fully saturated rings. The number of nitrogens with zero attached hydrogens (tertiary/aromatic N) is 2. The van der Waals surface area contributed by atoms with Crippen LogP contribution in [0.1, 0.15) is 18.6 Å². The van der Waals surface area contributed by atoms with Crippen LogP contribution in [0.25, 0.3) is 0 Å². The van der Waals surface area contributed by atoms with E-state index in [2.05, 4.69) is 0 Å². The Hall–Kier alpha value is -1.66. The molecule has 0 spiro atoms. The van der Waals surface area contributed by atoms with Gasteiger partial charge in [0.05, 0.1) is 18.8 Å². The van der Waals surface area contributed by atoms with E-state index in [1.54, 1.807) is 29.4 Å². The number of hydrogen-bond acceptors (Lipinski definition) is 4. The molecular formula is C13H18N2O4. The molecule has 1 atom stereocenters. The summed E-state index contributed by atoms with van der Waals surface area (Å²) in [5.74, 6) is -1.11. The fraction of sp³-hybridized carbons (Fsp3) is 0.538. The van der Waals surface area contributed by atoms with Crippen molar-refractivity contribution in [1.29, 1.82) is 0 Å². The standard InChI is InChI=1S/C13H18N2O4/c1-13(2)9-15(10(8-19-13)12(17)18)7-11(16)14-5-3-4-6-14/h3-6,10H,7-9H2,1-2H3,(H,17,18). The largest absolute Gasteiger partial charge is 0.480 e. The summed E-state index contributed by atoms with van der Waals surface area (Å²) >= 11 is 0. The van der Waals surface area contributed by atoms with E-state index in [0.29, 0.717) is 6.54 Å². The van der Waals surface area contributed by atoms with Crippen molar-refractivity contribution in [2.24, 2.45) is 0 Å². The molecule has 0 radical (unpaired) electrons. The number of carbonyl (C=O) groups excluding carboxylic acids is 1. The Morgan fingerprint density at radius 1 is 1.37 bits per heavy atom. The molecule has 19 heavy (non-hydrogen) atoms. The molecule has 0 aromatic carbocycles. The minimum absolute atomic E-state index is 0.0679. The van der Waals surface area contributed by atoms with Crippen LogP contribution in [0.5, 0.6) is 0 Å².